The summed E-state index contributed by atoms with van der Waals surface area (Å²) in [5, 5.41) is 0.647. The molecule has 0 aliphatic heterocycles. The third-order valence-corrected chi connectivity index (χ3v) is 2.72. The average Bonchev–Trinajstić information content (AvgIpc) is 2.28. The molecule has 0 saturated carbocycles. The molecule has 0 aliphatic rings. The zero-order valence-electron chi connectivity index (χ0n) is 9.95. The Morgan fingerprint density at radius 3 is 2.76 bits per heavy atom. The van der Waals surface area contributed by atoms with Crippen LogP contribution < -0.4 is 0 Å². The van der Waals surface area contributed by atoms with E-state index in [0.29, 0.717) is 22.9 Å². The highest BCUT2D eigenvalue weighted by Crippen LogP contribution is 2.27. The van der Waals surface area contributed by atoms with Gasteiger partial charge in [0, 0.05) is 17.1 Å². The highest BCUT2D eigenvalue weighted by Gasteiger charge is 2.13. The minimum absolute atomic E-state index is 0.285. The van der Waals surface area contributed by atoms with E-state index in [-0.39, 0.29) is 11.7 Å². The van der Waals surface area contributed by atoms with Gasteiger partial charge in [-0.2, -0.15) is 0 Å². The van der Waals surface area contributed by atoms with E-state index >= 15 is 0 Å². The molecule has 0 N–H and O–H groups in total. The summed E-state index contributed by atoms with van der Waals surface area (Å²) in [4.78, 5) is 3.99. The van der Waals surface area contributed by atoms with Gasteiger partial charge in [-0.25, -0.2) is 8.78 Å². The Balaban J connectivity index is 2.38. The zero-order chi connectivity index (χ0) is 12.4. The van der Waals surface area contributed by atoms with E-state index in [9.17, 15) is 8.78 Å². The highest BCUT2D eigenvalue weighted by molar-refractivity contribution is 5.79. The van der Waals surface area contributed by atoms with E-state index in [2.05, 4.69) is 4.98 Å². The van der Waals surface area contributed by atoms with Crippen LogP contribution in [0.5, 0.6) is 0 Å². The molecule has 1 nitrogen and oxygen atoms in total. The maximum absolute atomic E-state index is 13.9. The molecule has 2 aromatic rings. The lowest BCUT2D eigenvalue weighted by atomic mass is 10.0. The molecular weight excluding hydrogens is 220 g/mol. The molecule has 1 aromatic carbocycles. The van der Waals surface area contributed by atoms with E-state index in [1.807, 2.05) is 13.8 Å². The fourth-order valence-corrected chi connectivity index (χ4v) is 1.86. The van der Waals surface area contributed by atoms with Gasteiger partial charge in [0.15, 0.2) is 0 Å². The summed E-state index contributed by atoms with van der Waals surface area (Å²) in [5.74, 6) is -0.0819. The summed E-state index contributed by atoms with van der Waals surface area (Å²) in [5.41, 5.74) is 0.824. The Kier molecular flexibility index (Phi) is 3.36. The maximum Gasteiger partial charge on any atom is 0.149 e. The number of halogens is 2. The number of aromatic nitrogens is 1. The standard InChI is InChI=1S/C14H15F2N/c1-9(2)6-13(16)11-7-10-4-3-5-12(15)14(10)17-8-11/h3-5,7-9,13H,6H2,1-2H3/t13-/m1/s1. The smallest absolute Gasteiger partial charge is 0.149 e. The number of hydrogen-bond acceptors (Lipinski definition) is 1. The number of fused-ring (bicyclic) bond motifs is 1. The van der Waals surface area contributed by atoms with Gasteiger partial charge in [-0.15, -0.1) is 0 Å². The number of alkyl halides is 1. The summed E-state index contributed by atoms with van der Waals surface area (Å²) < 4.78 is 27.3. The molecule has 17 heavy (non-hydrogen) atoms. The van der Waals surface area contributed by atoms with E-state index in [4.69, 9.17) is 0 Å². The van der Waals surface area contributed by atoms with Gasteiger partial charge in [-0.1, -0.05) is 26.0 Å². The van der Waals surface area contributed by atoms with Crippen molar-refractivity contribution in [2.45, 2.75) is 26.4 Å². The van der Waals surface area contributed by atoms with Gasteiger partial charge >= 0.3 is 0 Å². The molecule has 3 heteroatoms. The second-order valence-corrected chi connectivity index (χ2v) is 4.68. The fraction of sp³-hybridized carbons (Fsp3) is 0.357. The van der Waals surface area contributed by atoms with Gasteiger partial charge in [0.05, 0.1) is 0 Å². The lowest BCUT2D eigenvalue weighted by Crippen LogP contribution is -1.98. The molecule has 1 aromatic heterocycles. The van der Waals surface area contributed by atoms with Crippen molar-refractivity contribution in [3.05, 3.63) is 41.8 Å². The fourth-order valence-electron chi connectivity index (χ4n) is 1.86. The average molecular weight is 235 g/mol. The van der Waals surface area contributed by atoms with Gasteiger partial charge in [-0.3, -0.25) is 4.98 Å². The maximum atomic E-state index is 13.9. The van der Waals surface area contributed by atoms with Crippen LogP contribution in [0, 0.1) is 11.7 Å². The highest BCUT2D eigenvalue weighted by atomic mass is 19.1. The summed E-state index contributed by atoms with van der Waals surface area (Å²) in [6.45, 7) is 3.95. The molecule has 90 valence electrons. The van der Waals surface area contributed by atoms with Gasteiger partial charge in [0.25, 0.3) is 0 Å². The molecule has 0 unspecified atom stereocenters. The third-order valence-electron chi connectivity index (χ3n) is 2.72. The quantitative estimate of drug-likeness (QED) is 0.766. The second kappa shape index (κ2) is 4.78. The van der Waals surface area contributed by atoms with Crippen LogP contribution in [-0.2, 0) is 0 Å². The Morgan fingerprint density at radius 2 is 2.06 bits per heavy atom. The molecule has 1 heterocycles. The lowest BCUT2D eigenvalue weighted by Gasteiger charge is -2.11. The molecule has 0 fully saturated rings. The van der Waals surface area contributed by atoms with Crippen molar-refractivity contribution in [3.63, 3.8) is 0 Å². The van der Waals surface area contributed by atoms with Crippen molar-refractivity contribution in [2.24, 2.45) is 5.92 Å². The molecular formula is C14H15F2N. The van der Waals surface area contributed by atoms with Crippen molar-refractivity contribution in [1.82, 2.24) is 4.98 Å². The summed E-state index contributed by atoms with van der Waals surface area (Å²) >= 11 is 0. The van der Waals surface area contributed by atoms with Gasteiger partial charge in [0.2, 0.25) is 0 Å². The molecule has 0 saturated heterocycles. The predicted octanol–water partition coefficient (Wildman–Crippen LogP) is 4.43. The second-order valence-electron chi connectivity index (χ2n) is 4.68. The van der Waals surface area contributed by atoms with E-state index in [1.165, 1.54) is 12.3 Å². The van der Waals surface area contributed by atoms with Crippen molar-refractivity contribution in [3.8, 4) is 0 Å². The van der Waals surface area contributed by atoms with Crippen LogP contribution in [0.2, 0.25) is 0 Å². The van der Waals surface area contributed by atoms with Crippen LogP contribution in [0.4, 0.5) is 8.78 Å². The number of benzene rings is 1. The van der Waals surface area contributed by atoms with Crippen molar-refractivity contribution >= 4 is 10.9 Å². The van der Waals surface area contributed by atoms with Crippen LogP contribution in [0.15, 0.2) is 30.5 Å². The molecule has 1 atom stereocenters. The summed E-state index contributed by atoms with van der Waals surface area (Å²) in [6.07, 6.45) is 0.858. The zero-order valence-corrected chi connectivity index (χ0v) is 9.95. The van der Waals surface area contributed by atoms with Crippen molar-refractivity contribution < 1.29 is 8.78 Å². The minimum atomic E-state index is -1.03. The molecule has 0 spiro atoms. The van der Waals surface area contributed by atoms with Crippen LogP contribution >= 0.6 is 0 Å². The third kappa shape index (κ3) is 2.60. The first-order valence-corrected chi connectivity index (χ1v) is 5.76. The van der Waals surface area contributed by atoms with Gasteiger partial charge < -0.3 is 0 Å². The number of hydrogen-bond donors (Lipinski definition) is 0. The Labute approximate surface area is 99.5 Å². The van der Waals surface area contributed by atoms with Gasteiger partial charge in [-0.05, 0) is 24.5 Å². The lowest BCUT2D eigenvalue weighted by molar-refractivity contribution is 0.289. The van der Waals surface area contributed by atoms with Gasteiger partial charge in [0.1, 0.15) is 17.5 Å². The topological polar surface area (TPSA) is 12.9 Å². The molecule has 0 bridgehead atoms. The number of rotatable bonds is 3. The van der Waals surface area contributed by atoms with Crippen LogP contribution in [-0.4, -0.2) is 4.98 Å². The monoisotopic (exact) mass is 235 g/mol. The molecule has 2 rings (SSSR count). The normalized spacial score (nSPS) is 13.2. The van der Waals surface area contributed by atoms with Crippen LogP contribution in [0.1, 0.15) is 32.0 Å². The Morgan fingerprint density at radius 1 is 1.29 bits per heavy atom. The molecule has 0 aliphatic carbocycles. The summed E-state index contributed by atoms with van der Waals surface area (Å²) in [6, 6.07) is 6.39. The largest absolute Gasteiger partial charge is 0.253 e. The Hall–Kier alpha value is -1.51. The SMILES string of the molecule is CC(C)C[C@@H](F)c1cnc2c(F)cccc2c1. The number of para-hydroxylation sites is 1. The minimum Gasteiger partial charge on any atom is -0.253 e. The predicted molar refractivity (Wildman–Crippen MR) is 65.0 cm³/mol. The van der Waals surface area contributed by atoms with E-state index < -0.39 is 6.17 Å². The Bertz CT molecular complexity index is 523. The summed E-state index contributed by atoms with van der Waals surface area (Å²) in [7, 11) is 0. The van der Waals surface area contributed by atoms with Crippen LogP contribution in [0.25, 0.3) is 10.9 Å². The number of nitrogens with zero attached hydrogens (tertiary/aromatic N) is 1. The van der Waals surface area contributed by atoms with Crippen molar-refractivity contribution in [2.75, 3.05) is 0 Å². The first-order valence-electron chi connectivity index (χ1n) is 5.76. The molecule has 0 amide bonds. The van der Waals surface area contributed by atoms with E-state index in [0.717, 1.165) is 0 Å². The van der Waals surface area contributed by atoms with Crippen LogP contribution in [0.3, 0.4) is 0 Å². The van der Waals surface area contributed by atoms with E-state index in [1.54, 1.807) is 18.2 Å². The first kappa shape index (κ1) is 12.0. The molecule has 0 radical (unpaired) electrons. The number of pyridine rings is 1. The van der Waals surface area contributed by atoms with Crippen molar-refractivity contribution in [1.29, 1.82) is 0 Å². The first-order chi connectivity index (χ1) is 8.08.